The number of Topliss-reactive ketones (excluding diaryl/α,β-unsaturated/α-hetero) is 1. The molecular formula is C15H21NO. The molecule has 92 valence electrons. The van der Waals surface area contributed by atoms with E-state index in [-0.39, 0.29) is 5.78 Å². The minimum Gasteiger partial charge on any atom is -0.399 e. The topological polar surface area (TPSA) is 43.1 Å². The number of ketones is 1. The molecule has 2 heteroatoms. The van der Waals surface area contributed by atoms with Gasteiger partial charge >= 0.3 is 0 Å². The van der Waals surface area contributed by atoms with Crippen LogP contribution >= 0.6 is 0 Å². The first-order valence-electron chi connectivity index (χ1n) is 6.56. The van der Waals surface area contributed by atoms with E-state index < -0.39 is 0 Å². The van der Waals surface area contributed by atoms with Gasteiger partial charge in [-0.25, -0.2) is 0 Å². The fraction of sp³-hybridized carbons (Fsp3) is 0.533. The van der Waals surface area contributed by atoms with Crippen LogP contribution in [0, 0.1) is 12.8 Å². The van der Waals surface area contributed by atoms with Crippen molar-refractivity contribution in [1.29, 1.82) is 0 Å². The van der Waals surface area contributed by atoms with Crippen LogP contribution < -0.4 is 5.73 Å². The number of nitrogen functional groups attached to an aromatic ring is 1. The van der Waals surface area contributed by atoms with Crippen molar-refractivity contribution in [3.05, 3.63) is 29.3 Å². The highest BCUT2D eigenvalue weighted by molar-refractivity contribution is 5.96. The summed E-state index contributed by atoms with van der Waals surface area (Å²) < 4.78 is 0. The van der Waals surface area contributed by atoms with Crippen molar-refractivity contribution in [2.45, 2.75) is 45.4 Å². The van der Waals surface area contributed by atoms with E-state index in [1.807, 2.05) is 25.1 Å². The van der Waals surface area contributed by atoms with E-state index in [4.69, 9.17) is 5.73 Å². The van der Waals surface area contributed by atoms with Gasteiger partial charge in [-0.05, 0) is 43.0 Å². The fourth-order valence-electron chi connectivity index (χ4n) is 2.63. The van der Waals surface area contributed by atoms with Gasteiger partial charge in [-0.3, -0.25) is 4.79 Å². The van der Waals surface area contributed by atoms with Crippen LogP contribution in [0.15, 0.2) is 18.2 Å². The fourth-order valence-corrected chi connectivity index (χ4v) is 2.63. The SMILES string of the molecule is Cc1cc(C(=O)CCC2CCCC2)ccc1N. The van der Waals surface area contributed by atoms with Crippen LogP contribution in [0.25, 0.3) is 0 Å². The third-order valence-corrected chi connectivity index (χ3v) is 3.85. The molecule has 1 saturated carbocycles. The Morgan fingerprint density at radius 2 is 2.06 bits per heavy atom. The lowest BCUT2D eigenvalue weighted by molar-refractivity contribution is 0.0974. The van der Waals surface area contributed by atoms with Crippen molar-refractivity contribution in [2.75, 3.05) is 5.73 Å². The van der Waals surface area contributed by atoms with Crippen molar-refractivity contribution in [1.82, 2.24) is 0 Å². The first kappa shape index (κ1) is 12.2. The number of carbonyl (C=O) groups excluding carboxylic acids is 1. The summed E-state index contributed by atoms with van der Waals surface area (Å²) in [7, 11) is 0. The lowest BCUT2D eigenvalue weighted by atomic mass is 9.97. The molecule has 0 aromatic heterocycles. The lowest BCUT2D eigenvalue weighted by Gasteiger charge is -2.08. The molecule has 0 radical (unpaired) electrons. The summed E-state index contributed by atoms with van der Waals surface area (Å²) in [5.74, 6) is 1.05. The number of carbonyl (C=O) groups is 1. The molecular weight excluding hydrogens is 210 g/mol. The maximum absolute atomic E-state index is 12.0. The Bertz CT molecular complexity index is 405. The average molecular weight is 231 g/mol. The first-order chi connectivity index (χ1) is 8.16. The standard InChI is InChI=1S/C15H21NO/c1-11-10-13(7-8-14(11)16)15(17)9-6-12-4-2-3-5-12/h7-8,10,12H,2-6,9,16H2,1H3. The minimum atomic E-state index is 0.264. The van der Waals surface area contributed by atoms with Gasteiger partial charge in [0.15, 0.2) is 5.78 Å². The third kappa shape index (κ3) is 3.09. The third-order valence-electron chi connectivity index (χ3n) is 3.85. The summed E-state index contributed by atoms with van der Waals surface area (Å²) in [6.45, 7) is 1.95. The zero-order valence-corrected chi connectivity index (χ0v) is 10.5. The van der Waals surface area contributed by atoms with Gasteiger partial charge in [0.2, 0.25) is 0 Å². The highest BCUT2D eigenvalue weighted by Gasteiger charge is 2.16. The molecule has 2 rings (SSSR count). The second-order valence-corrected chi connectivity index (χ2v) is 5.18. The molecule has 0 atom stereocenters. The molecule has 0 unspecified atom stereocenters. The van der Waals surface area contributed by atoms with E-state index in [0.717, 1.165) is 29.2 Å². The van der Waals surface area contributed by atoms with Gasteiger partial charge in [-0.2, -0.15) is 0 Å². The van der Waals surface area contributed by atoms with Crippen LogP contribution in [0.4, 0.5) is 5.69 Å². The van der Waals surface area contributed by atoms with Crippen LogP contribution in [0.3, 0.4) is 0 Å². The normalized spacial score (nSPS) is 16.3. The Kier molecular flexibility index (Phi) is 3.82. The van der Waals surface area contributed by atoms with Gasteiger partial charge in [0.05, 0.1) is 0 Å². The number of nitrogens with two attached hydrogens (primary N) is 1. The molecule has 0 heterocycles. The summed E-state index contributed by atoms with van der Waals surface area (Å²) in [4.78, 5) is 12.0. The molecule has 2 nitrogen and oxygen atoms in total. The van der Waals surface area contributed by atoms with Crippen molar-refractivity contribution in [3.63, 3.8) is 0 Å². The number of hydrogen-bond acceptors (Lipinski definition) is 2. The van der Waals surface area contributed by atoms with Crippen LogP contribution in [0.2, 0.25) is 0 Å². The van der Waals surface area contributed by atoms with Gasteiger partial charge < -0.3 is 5.73 Å². The Hall–Kier alpha value is -1.31. The Labute approximate surface area is 103 Å². The van der Waals surface area contributed by atoms with Gasteiger partial charge in [-0.1, -0.05) is 25.7 Å². The second-order valence-electron chi connectivity index (χ2n) is 5.18. The summed E-state index contributed by atoms with van der Waals surface area (Å²) in [5.41, 5.74) is 8.32. The van der Waals surface area contributed by atoms with E-state index in [2.05, 4.69) is 0 Å². The van der Waals surface area contributed by atoms with Crippen LogP contribution in [0.1, 0.15) is 54.4 Å². The van der Waals surface area contributed by atoms with Crippen LogP contribution in [-0.4, -0.2) is 5.78 Å². The van der Waals surface area contributed by atoms with E-state index >= 15 is 0 Å². The van der Waals surface area contributed by atoms with Crippen LogP contribution in [0.5, 0.6) is 0 Å². The highest BCUT2D eigenvalue weighted by Crippen LogP contribution is 2.29. The largest absolute Gasteiger partial charge is 0.399 e. The van der Waals surface area contributed by atoms with Gasteiger partial charge in [-0.15, -0.1) is 0 Å². The Morgan fingerprint density at radius 1 is 1.35 bits per heavy atom. The second kappa shape index (κ2) is 5.35. The summed E-state index contributed by atoms with van der Waals surface area (Å²) in [6, 6.07) is 5.59. The number of aryl methyl sites for hydroxylation is 1. The molecule has 0 amide bonds. The minimum absolute atomic E-state index is 0.264. The molecule has 1 fully saturated rings. The molecule has 0 saturated heterocycles. The molecule has 1 aliphatic rings. The molecule has 0 aliphatic heterocycles. The number of rotatable bonds is 4. The molecule has 0 bridgehead atoms. The quantitative estimate of drug-likeness (QED) is 0.633. The van der Waals surface area contributed by atoms with Crippen molar-refractivity contribution in [2.24, 2.45) is 5.92 Å². The van der Waals surface area contributed by atoms with Gasteiger partial charge in [0.25, 0.3) is 0 Å². The number of hydrogen-bond donors (Lipinski definition) is 1. The van der Waals surface area contributed by atoms with Crippen molar-refractivity contribution >= 4 is 11.5 Å². The summed E-state index contributed by atoms with van der Waals surface area (Å²) in [6.07, 6.45) is 7.07. The van der Waals surface area contributed by atoms with Crippen molar-refractivity contribution < 1.29 is 4.79 Å². The predicted octanol–water partition coefficient (Wildman–Crippen LogP) is 3.73. The molecule has 0 spiro atoms. The zero-order chi connectivity index (χ0) is 12.3. The average Bonchev–Trinajstić information content (AvgIpc) is 2.82. The van der Waals surface area contributed by atoms with E-state index in [9.17, 15) is 4.79 Å². The molecule has 1 aromatic carbocycles. The van der Waals surface area contributed by atoms with Gasteiger partial charge in [0.1, 0.15) is 0 Å². The van der Waals surface area contributed by atoms with Gasteiger partial charge in [0, 0.05) is 17.7 Å². The lowest BCUT2D eigenvalue weighted by Crippen LogP contribution is -2.04. The molecule has 2 N–H and O–H groups in total. The predicted molar refractivity (Wildman–Crippen MR) is 71.1 cm³/mol. The zero-order valence-electron chi connectivity index (χ0n) is 10.5. The molecule has 17 heavy (non-hydrogen) atoms. The monoisotopic (exact) mass is 231 g/mol. The van der Waals surface area contributed by atoms with Crippen molar-refractivity contribution in [3.8, 4) is 0 Å². The summed E-state index contributed by atoms with van der Waals surface area (Å²) >= 11 is 0. The first-order valence-corrected chi connectivity index (χ1v) is 6.56. The number of anilines is 1. The maximum atomic E-state index is 12.0. The van der Waals surface area contributed by atoms with E-state index in [1.165, 1.54) is 25.7 Å². The van der Waals surface area contributed by atoms with E-state index in [1.54, 1.807) is 0 Å². The molecule has 1 aliphatic carbocycles. The number of benzene rings is 1. The Balaban J connectivity index is 1.92. The summed E-state index contributed by atoms with van der Waals surface area (Å²) in [5, 5.41) is 0. The molecule has 1 aromatic rings. The highest BCUT2D eigenvalue weighted by atomic mass is 16.1. The Morgan fingerprint density at radius 3 is 2.71 bits per heavy atom. The van der Waals surface area contributed by atoms with E-state index in [0.29, 0.717) is 6.42 Å². The van der Waals surface area contributed by atoms with Crippen LogP contribution in [-0.2, 0) is 0 Å². The smallest absolute Gasteiger partial charge is 0.162 e. The maximum Gasteiger partial charge on any atom is 0.162 e.